The molecule has 0 aromatic carbocycles. The molecule has 0 radical (unpaired) electrons. The van der Waals surface area contributed by atoms with Crippen LogP contribution in [0.15, 0.2) is 0 Å². The Morgan fingerprint density at radius 3 is 0.738 bits per heavy atom. The second-order valence-electron chi connectivity index (χ2n) is 48.7. The summed E-state index contributed by atoms with van der Waals surface area (Å²) in [5.41, 5.74) is 0.0804. The number of urea groups is 8. The molecule has 0 aromatic heterocycles. The highest BCUT2D eigenvalue weighted by atomic mass is 19.4. The molecule has 1 unspecified atom stereocenters. The van der Waals surface area contributed by atoms with E-state index < -0.39 is 38.4 Å². The van der Waals surface area contributed by atoms with Gasteiger partial charge in [-0.2, -0.15) is 13.2 Å². The average Bonchev–Trinajstić information content (AvgIpc) is 1.69. The number of carbonyl (C=O) groups is 8. The highest BCUT2D eigenvalue weighted by Gasteiger charge is 2.47. The maximum Gasteiger partial charge on any atom is 0.405 e. The molecule has 149 heavy (non-hydrogen) atoms. The van der Waals surface area contributed by atoms with Crippen molar-refractivity contribution in [3.05, 3.63) is 0 Å². The van der Waals surface area contributed by atoms with Gasteiger partial charge in [0.25, 0.3) is 6.43 Å². The first-order valence-corrected chi connectivity index (χ1v) is 59.4. The Morgan fingerprint density at radius 1 is 0.289 bits per heavy atom. The van der Waals surface area contributed by atoms with Crippen LogP contribution in [0, 0.1) is 47.3 Å². The monoisotopic (exact) mass is 2110 g/mol. The smallest absolute Gasteiger partial charge is 0.338 e. The third kappa shape index (κ3) is 37.9. The maximum atomic E-state index is 12.6. The van der Waals surface area contributed by atoms with E-state index in [0.29, 0.717) is 91.0 Å². The number of amides is 16. The SMILES string of the molecule is CC(C)NC(=O)N1CCC[C@H]1C1CCN(C)CC1.CCNC(=O)N1CCCC1C1CCN(C)CC1.CN1CCC([C@@H]2CCCN2C(=O)NC2(C)CCC2)CC1.CN1CCC([C@@H]2CCCN2C(=O)NC2CC2)CC1.CN1CCC([C@@H]2CCCN2C(=O)NC2CCC2)CC1.CN1CCC([C@@H]2CCCN2C(=O)NCC(F)(F)F)CC1.CN1CCC([C@@H]2CCCN2C(=O)NCC(F)F)CC1.CN1CCC([C@@H]2CCCN2C(=O)NCCF)CC1. The first-order valence-electron chi connectivity index (χ1n) is 59.4. The first-order chi connectivity index (χ1) is 71.5. The zero-order valence-electron chi connectivity index (χ0n) is 94.0. The van der Waals surface area contributed by atoms with Crippen LogP contribution in [0.1, 0.15) is 285 Å². The van der Waals surface area contributed by atoms with Crippen molar-refractivity contribution in [1.29, 1.82) is 0 Å². The number of piperidine rings is 8. The molecule has 19 rings (SSSR count). The fourth-order valence-electron chi connectivity index (χ4n) is 27.4. The van der Waals surface area contributed by atoms with Crippen molar-refractivity contribution >= 4 is 48.2 Å². The summed E-state index contributed by atoms with van der Waals surface area (Å²) in [6.45, 7) is 32.0. The summed E-state index contributed by atoms with van der Waals surface area (Å²) in [7, 11) is 17.3. The summed E-state index contributed by atoms with van der Waals surface area (Å²) < 4.78 is 72.8. The maximum absolute atomic E-state index is 12.6. The van der Waals surface area contributed by atoms with Crippen LogP contribution in [0.3, 0.4) is 0 Å². The van der Waals surface area contributed by atoms with Gasteiger partial charge in [-0.15, -0.1) is 0 Å². The van der Waals surface area contributed by atoms with E-state index in [1.807, 2.05) is 31.0 Å². The zero-order chi connectivity index (χ0) is 107. The van der Waals surface area contributed by atoms with E-state index in [-0.39, 0.29) is 72.4 Å². The third-order valence-corrected chi connectivity index (χ3v) is 37.1. The van der Waals surface area contributed by atoms with Crippen LogP contribution in [0.2, 0.25) is 0 Å². The first kappa shape index (κ1) is 121. The Bertz CT molecular complexity index is 3890. The number of halogens is 6. The van der Waals surface area contributed by atoms with Gasteiger partial charge in [0, 0.05) is 137 Å². The Balaban J connectivity index is 0.000000151. The zero-order valence-corrected chi connectivity index (χ0v) is 94.0. The van der Waals surface area contributed by atoms with Crippen LogP contribution < -0.4 is 42.5 Å². The largest absolute Gasteiger partial charge is 0.405 e. The fraction of sp³-hybridized carbons (Fsp3) is 0.928. The normalized spacial score (nSPS) is 28.2. The molecular weight excluding hydrogens is 1910 g/mol. The van der Waals surface area contributed by atoms with E-state index in [2.05, 4.69) is 164 Å². The highest BCUT2D eigenvalue weighted by Crippen LogP contribution is 2.41. The van der Waals surface area contributed by atoms with Crippen LogP contribution in [0.5, 0.6) is 0 Å². The predicted molar refractivity (Wildman–Crippen MR) is 579 cm³/mol. The number of hydrogen-bond donors (Lipinski definition) is 8. The van der Waals surface area contributed by atoms with Gasteiger partial charge in [0.2, 0.25) is 0 Å². The van der Waals surface area contributed by atoms with E-state index in [0.717, 1.165) is 180 Å². The van der Waals surface area contributed by atoms with Gasteiger partial charge in [-0.05, 0) is 493 Å². The van der Waals surface area contributed by atoms with Gasteiger partial charge in [-0.3, -0.25) is 0 Å². The fourth-order valence-corrected chi connectivity index (χ4v) is 27.4. The molecule has 0 bridgehead atoms. The number of carbonyl (C=O) groups excluding carboxylic acids is 8. The van der Waals surface area contributed by atoms with E-state index in [1.165, 1.54) is 245 Å². The van der Waals surface area contributed by atoms with E-state index in [4.69, 9.17) is 0 Å². The van der Waals surface area contributed by atoms with Gasteiger partial charge >= 0.3 is 54.4 Å². The summed E-state index contributed by atoms with van der Waals surface area (Å²) in [4.78, 5) is 132. The van der Waals surface area contributed by atoms with Crippen molar-refractivity contribution in [1.82, 2.24) is 121 Å². The van der Waals surface area contributed by atoms with Crippen molar-refractivity contribution in [2.24, 2.45) is 47.3 Å². The lowest BCUT2D eigenvalue weighted by Crippen LogP contribution is -2.57. The summed E-state index contributed by atoms with van der Waals surface area (Å²) >= 11 is 0. The van der Waals surface area contributed by atoms with Gasteiger partial charge in [0.1, 0.15) is 13.2 Å². The van der Waals surface area contributed by atoms with Gasteiger partial charge in [-0.25, -0.2) is 51.5 Å². The van der Waals surface area contributed by atoms with E-state index in [9.17, 15) is 64.7 Å². The molecule has 16 aliphatic heterocycles. The second kappa shape index (κ2) is 60.7. The minimum atomic E-state index is -4.35. The number of nitrogens with one attached hydrogen (secondary N) is 8. The molecule has 8 N–H and O–H groups in total. The number of nitrogens with zero attached hydrogens (tertiary/aromatic N) is 16. The molecule has 8 atom stereocenters. The molecule has 16 saturated heterocycles. The summed E-state index contributed by atoms with van der Waals surface area (Å²) in [5, 5.41) is 22.6. The molecule has 3 aliphatic carbocycles. The molecule has 32 nitrogen and oxygen atoms in total. The molecule has 16 amide bonds. The molecule has 16 heterocycles. The molecule has 0 aromatic rings. The Morgan fingerprint density at radius 2 is 0.523 bits per heavy atom. The van der Waals surface area contributed by atoms with Crippen molar-refractivity contribution in [2.75, 3.05) is 246 Å². The minimum Gasteiger partial charge on any atom is -0.338 e. The Labute approximate surface area is 892 Å². The molecule has 0 spiro atoms. The number of alkyl halides is 6. The standard InChI is InChI=1S/C16H29N3O.C15H27N3O.C14H25N3O.C14H27N3O.C13H22F3N3O.C13H23F2N3O.C13H24FN3O.C13H25N3O/c1-16(8-4-9-16)17-15(20)19-10-3-5-14(19)13-6-11-18(2)12-7-13;1-17-10-7-12(8-11-17)14-6-3-9-18(14)15(19)16-13-4-2-5-13;1-16-9-6-11(7-10-16)13-3-2-8-17(13)14(18)15-12-4-5-12;1-11(2)15-14(18)17-8-4-5-13(17)12-6-9-16(3)10-7-12;1-18-7-4-10(5-8-18)11-3-2-6-19(11)12(20)17-9-13(14,15)16;1-17-7-4-10(5-8-17)11-3-2-6-18(11)13(19)16-9-12(14)15;1-16-9-4-11(5-10-16)12-3-2-8-17(12)13(18)15-7-6-14;1-3-14-13(17)16-8-4-5-12(16)11-6-9-15(2)10-7-11/h13-14H,3-12H2,1-2H3,(H,17,20);12-14H,2-11H2,1H3,(H,16,19);11-13H,2-10H2,1H3,(H,15,18);11-13H,4-10H2,1-3H3,(H,15,18);10-11H,2-9H2,1H3,(H,17,20);10-12H,2-9H2,1H3,(H,16,19);11-12H,2-10H2,1H3,(H,15,18);11-12H,3-10H2,1-2H3,(H,14,17)/t2*14-;2*13-;2*11-;12-;/m0000000./s1. The molecular formula is C111H202F6N24O8. The average molecular weight is 2110 g/mol. The topological polar surface area (TPSA) is 285 Å². The molecule has 38 heteroatoms. The molecule has 3 saturated carbocycles. The molecule has 19 aliphatic rings. The number of likely N-dealkylation sites (tertiary alicyclic amines) is 16. The summed E-state index contributed by atoms with van der Waals surface area (Å²) in [5.74, 6) is 5.17. The van der Waals surface area contributed by atoms with E-state index in [1.54, 1.807) is 9.80 Å². The van der Waals surface area contributed by atoms with Crippen molar-refractivity contribution in [3.63, 3.8) is 0 Å². The van der Waals surface area contributed by atoms with Gasteiger partial charge in [-0.1, -0.05) is 0 Å². The summed E-state index contributed by atoms with van der Waals surface area (Å²) in [6, 6.07) is 4.35. The lowest BCUT2D eigenvalue weighted by atomic mass is 9.78. The lowest BCUT2D eigenvalue weighted by molar-refractivity contribution is -0.123. The second-order valence-corrected chi connectivity index (χ2v) is 48.7. The van der Waals surface area contributed by atoms with Crippen molar-refractivity contribution < 1.29 is 64.7 Å². The van der Waals surface area contributed by atoms with Crippen molar-refractivity contribution in [2.45, 2.75) is 369 Å². The minimum absolute atomic E-state index is 0.0749. The van der Waals surface area contributed by atoms with Crippen LogP contribution in [-0.4, -0.2) is 458 Å². The number of rotatable bonds is 18. The Hall–Kier alpha value is -6.58. The molecule has 19 fully saturated rings. The van der Waals surface area contributed by atoms with Crippen molar-refractivity contribution in [3.8, 4) is 0 Å². The predicted octanol–water partition coefficient (Wildman–Crippen LogP) is 14.9. The molecule has 856 valence electrons. The highest BCUT2D eigenvalue weighted by molar-refractivity contribution is 5.79. The third-order valence-electron chi connectivity index (χ3n) is 37.1. The van der Waals surface area contributed by atoms with Gasteiger partial charge in [0.05, 0.1) is 6.54 Å². The number of hydrogen-bond acceptors (Lipinski definition) is 16. The van der Waals surface area contributed by atoms with Crippen LogP contribution in [0.4, 0.5) is 64.7 Å². The van der Waals surface area contributed by atoms with Gasteiger partial charge < -0.3 is 121 Å². The lowest BCUT2D eigenvalue weighted by Gasteiger charge is -2.42. The summed E-state index contributed by atoms with van der Waals surface area (Å²) in [6.07, 6.45) is 39.7. The van der Waals surface area contributed by atoms with Gasteiger partial charge in [0.15, 0.2) is 0 Å². The van der Waals surface area contributed by atoms with Crippen LogP contribution in [-0.2, 0) is 0 Å². The quantitative estimate of drug-likeness (QED) is 0.0592. The van der Waals surface area contributed by atoms with E-state index >= 15 is 0 Å². The Kier molecular flexibility index (Phi) is 49.3. The van der Waals surface area contributed by atoms with Crippen LogP contribution >= 0.6 is 0 Å². The van der Waals surface area contributed by atoms with Crippen LogP contribution in [0.25, 0.3) is 0 Å².